The maximum atomic E-state index is 3.48. The van der Waals surface area contributed by atoms with Gasteiger partial charge in [0.2, 0.25) is 0 Å². The Bertz CT molecular complexity index is 460. The van der Waals surface area contributed by atoms with Crippen molar-refractivity contribution in [1.29, 1.82) is 0 Å². The van der Waals surface area contributed by atoms with E-state index in [1.165, 1.54) is 31.2 Å². The Morgan fingerprint density at radius 1 is 1.22 bits per heavy atom. The summed E-state index contributed by atoms with van der Waals surface area (Å²) in [7, 11) is 0. The minimum absolute atomic E-state index is 0. The summed E-state index contributed by atoms with van der Waals surface area (Å²) in [4.78, 5) is 0. The lowest BCUT2D eigenvalue weighted by Gasteiger charge is -2.42. The molecule has 0 amide bonds. The summed E-state index contributed by atoms with van der Waals surface area (Å²) in [5.74, 6) is 0. The number of hydrogen-bond acceptors (Lipinski definition) is 1. The molecule has 1 aromatic rings. The van der Waals surface area contributed by atoms with Gasteiger partial charge in [-0.25, -0.2) is 0 Å². The van der Waals surface area contributed by atoms with Crippen LogP contribution in [0.5, 0.6) is 0 Å². The molecule has 2 aliphatic carbocycles. The quantitative estimate of drug-likeness (QED) is 0.847. The number of benzene rings is 1. The normalized spacial score (nSPS) is 22.8. The Hall–Kier alpha value is -0.820. The predicted octanol–water partition coefficient (Wildman–Crippen LogP) is 4.05. The highest BCUT2D eigenvalue weighted by Gasteiger charge is 2.56. The highest BCUT2D eigenvalue weighted by atomic mass is 14.8. The van der Waals surface area contributed by atoms with Gasteiger partial charge in [-0.15, -0.1) is 0 Å². The van der Waals surface area contributed by atoms with Crippen molar-refractivity contribution < 1.29 is 1.43 Å². The molecule has 18 heavy (non-hydrogen) atoms. The van der Waals surface area contributed by atoms with Gasteiger partial charge >= 0.3 is 0 Å². The average Bonchev–Trinajstić information content (AvgIpc) is 3.14. The monoisotopic (exact) mass is 245 g/mol. The van der Waals surface area contributed by atoms with E-state index < -0.39 is 0 Å². The summed E-state index contributed by atoms with van der Waals surface area (Å²) in [5, 5.41) is 3.48. The molecule has 0 atom stereocenters. The lowest BCUT2D eigenvalue weighted by atomic mass is 9.62. The molecule has 1 spiro atoms. The first kappa shape index (κ1) is 12.2. The minimum Gasteiger partial charge on any atom is -0.313 e. The van der Waals surface area contributed by atoms with Crippen LogP contribution in [0, 0.1) is 5.41 Å². The lowest BCUT2D eigenvalue weighted by molar-refractivity contribution is 0.251. The third kappa shape index (κ3) is 1.64. The molecule has 0 heterocycles. The summed E-state index contributed by atoms with van der Waals surface area (Å²) in [6, 6.07) is 6.95. The second kappa shape index (κ2) is 4.09. The summed E-state index contributed by atoms with van der Waals surface area (Å²) in [6.07, 6.45) is 5.57. The van der Waals surface area contributed by atoms with Gasteiger partial charge in [-0.05, 0) is 59.7 Å². The fourth-order valence-corrected chi connectivity index (χ4v) is 3.93. The molecule has 1 saturated carbocycles. The van der Waals surface area contributed by atoms with Crippen LogP contribution in [0.15, 0.2) is 18.2 Å². The van der Waals surface area contributed by atoms with Crippen LogP contribution in [-0.4, -0.2) is 6.54 Å². The van der Waals surface area contributed by atoms with Crippen molar-refractivity contribution in [1.82, 2.24) is 5.32 Å². The Morgan fingerprint density at radius 3 is 2.67 bits per heavy atom. The Labute approximate surface area is 112 Å². The number of hydrogen-bond donors (Lipinski definition) is 1. The Balaban J connectivity index is 0.00000133. The van der Waals surface area contributed by atoms with Crippen molar-refractivity contribution in [2.45, 2.75) is 58.4 Å². The molecule has 0 aliphatic heterocycles. The predicted molar refractivity (Wildman–Crippen MR) is 79.0 cm³/mol. The number of fused-ring (bicyclic) bond motifs is 1. The minimum atomic E-state index is 0. The first-order valence-electron chi connectivity index (χ1n) is 7.43. The van der Waals surface area contributed by atoms with Crippen molar-refractivity contribution in [3.8, 4) is 0 Å². The molecule has 1 heteroatoms. The standard InChI is InChI=1S/C17H25N.H2/c1-4-18-12-13-6-5-7-15-14(13)8-9-17(10-11-17)16(15,2)3;/h5-7,18H,4,8-12H2,1-3H3;1H. The van der Waals surface area contributed by atoms with Crippen LogP contribution in [0.3, 0.4) is 0 Å². The van der Waals surface area contributed by atoms with Crippen molar-refractivity contribution in [2.24, 2.45) is 5.41 Å². The van der Waals surface area contributed by atoms with Crippen LogP contribution in [0.25, 0.3) is 0 Å². The van der Waals surface area contributed by atoms with E-state index in [1.54, 1.807) is 11.1 Å². The van der Waals surface area contributed by atoms with E-state index in [-0.39, 0.29) is 1.43 Å². The van der Waals surface area contributed by atoms with Gasteiger partial charge in [0.1, 0.15) is 0 Å². The van der Waals surface area contributed by atoms with Gasteiger partial charge in [-0.1, -0.05) is 39.0 Å². The summed E-state index contributed by atoms with van der Waals surface area (Å²) >= 11 is 0. The number of rotatable bonds is 3. The van der Waals surface area contributed by atoms with Gasteiger partial charge < -0.3 is 5.32 Å². The molecule has 0 aromatic heterocycles. The van der Waals surface area contributed by atoms with E-state index in [1.807, 2.05) is 0 Å². The maximum absolute atomic E-state index is 3.48. The fraction of sp³-hybridized carbons (Fsp3) is 0.647. The molecule has 3 rings (SSSR count). The molecule has 2 aliphatic rings. The molecule has 0 radical (unpaired) electrons. The van der Waals surface area contributed by atoms with E-state index in [0.29, 0.717) is 10.8 Å². The van der Waals surface area contributed by atoms with E-state index in [2.05, 4.69) is 44.3 Å². The van der Waals surface area contributed by atoms with Crippen LogP contribution >= 0.6 is 0 Å². The van der Waals surface area contributed by atoms with E-state index >= 15 is 0 Å². The SMILES string of the molecule is CCNCc1cccc2c1CCC1(CC1)C2(C)C.[HH]. The molecule has 100 valence electrons. The topological polar surface area (TPSA) is 12.0 Å². The van der Waals surface area contributed by atoms with Gasteiger partial charge in [0.15, 0.2) is 0 Å². The first-order chi connectivity index (χ1) is 8.61. The fourth-order valence-electron chi connectivity index (χ4n) is 3.93. The van der Waals surface area contributed by atoms with Gasteiger partial charge in [-0.3, -0.25) is 0 Å². The molecule has 1 nitrogen and oxygen atoms in total. The van der Waals surface area contributed by atoms with E-state index in [9.17, 15) is 0 Å². The third-order valence-corrected chi connectivity index (χ3v) is 5.54. The zero-order chi connectivity index (χ0) is 12.8. The third-order valence-electron chi connectivity index (χ3n) is 5.54. The average molecular weight is 245 g/mol. The Kier molecular flexibility index (Phi) is 2.78. The second-order valence-corrected chi connectivity index (χ2v) is 6.63. The molecule has 1 fully saturated rings. The lowest BCUT2D eigenvalue weighted by Crippen LogP contribution is -2.36. The molecular weight excluding hydrogens is 218 g/mol. The van der Waals surface area contributed by atoms with Crippen LogP contribution in [0.4, 0.5) is 0 Å². The van der Waals surface area contributed by atoms with E-state index in [0.717, 1.165) is 13.1 Å². The smallest absolute Gasteiger partial charge is 0.0208 e. The zero-order valence-electron chi connectivity index (χ0n) is 12.0. The largest absolute Gasteiger partial charge is 0.313 e. The highest BCUT2D eigenvalue weighted by Crippen LogP contribution is 2.64. The van der Waals surface area contributed by atoms with Gasteiger partial charge in [-0.2, -0.15) is 0 Å². The molecule has 0 saturated heterocycles. The second-order valence-electron chi connectivity index (χ2n) is 6.63. The molecule has 0 unspecified atom stereocenters. The highest BCUT2D eigenvalue weighted by molar-refractivity contribution is 5.45. The zero-order valence-corrected chi connectivity index (χ0v) is 12.0. The maximum Gasteiger partial charge on any atom is 0.0208 e. The Morgan fingerprint density at radius 2 is 2.00 bits per heavy atom. The van der Waals surface area contributed by atoms with Gasteiger partial charge in [0.25, 0.3) is 0 Å². The van der Waals surface area contributed by atoms with Crippen molar-refractivity contribution in [3.05, 3.63) is 34.9 Å². The summed E-state index contributed by atoms with van der Waals surface area (Å²) < 4.78 is 0. The van der Waals surface area contributed by atoms with Crippen molar-refractivity contribution in [3.63, 3.8) is 0 Å². The molecule has 0 bridgehead atoms. The molecule has 1 N–H and O–H groups in total. The van der Waals surface area contributed by atoms with Crippen molar-refractivity contribution in [2.75, 3.05) is 6.54 Å². The van der Waals surface area contributed by atoms with Crippen molar-refractivity contribution >= 4 is 0 Å². The van der Waals surface area contributed by atoms with Gasteiger partial charge in [0, 0.05) is 7.97 Å². The van der Waals surface area contributed by atoms with Crippen LogP contribution in [0.1, 0.15) is 58.2 Å². The van der Waals surface area contributed by atoms with Crippen LogP contribution in [0.2, 0.25) is 0 Å². The first-order valence-corrected chi connectivity index (χ1v) is 7.43. The molecular formula is C17H27N. The van der Waals surface area contributed by atoms with Crippen LogP contribution in [-0.2, 0) is 18.4 Å². The summed E-state index contributed by atoms with van der Waals surface area (Å²) in [5.41, 5.74) is 5.81. The number of nitrogens with one attached hydrogen (secondary N) is 1. The summed E-state index contributed by atoms with van der Waals surface area (Å²) in [6.45, 7) is 9.20. The van der Waals surface area contributed by atoms with Crippen LogP contribution < -0.4 is 5.32 Å². The van der Waals surface area contributed by atoms with Gasteiger partial charge in [0.05, 0.1) is 0 Å². The van der Waals surface area contributed by atoms with E-state index in [4.69, 9.17) is 0 Å². The molecule has 1 aromatic carbocycles.